The second-order valence-corrected chi connectivity index (χ2v) is 7.06. The summed E-state index contributed by atoms with van der Waals surface area (Å²) < 4.78 is 8.17. The van der Waals surface area contributed by atoms with Crippen LogP contribution >= 0.6 is 11.6 Å². The predicted octanol–water partition coefficient (Wildman–Crippen LogP) is 2.28. The van der Waals surface area contributed by atoms with Crippen molar-refractivity contribution in [3.05, 3.63) is 62.8 Å². The van der Waals surface area contributed by atoms with Gasteiger partial charge in [0, 0.05) is 42.0 Å². The molecule has 0 atom stereocenters. The first-order valence-electron chi connectivity index (χ1n) is 8.98. The largest absolute Gasteiger partial charge is 0.383 e. The van der Waals surface area contributed by atoms with Gasteiger partial charge in [-0.2, -0.15) is 5.10 Å². The Morgan fingerprint density at radius 1 is 1.29 bits per heavy atom. The van der Waals surface area contributed by atoms with Crippen molar-refractivity contribution in [2.24, 2.45) is 0 Å². The molecule has 0 aliphatic heterocycles. The van der Waals surface area contributed by atoms with E-state index >= 15 is 0 Å². The molecule has 2 heterocycles. The molecule has 3 rings (SSSR count). The lowest BCUT2D eigenvalue weighted by atomic mass is 10.2. The average Bonchev–Trinajstić information content (AvgIpc) is 2.89. The van der Waals surface area contributed by atoms with Gasteiger partial charge in [-0.15, -0.1) is 0 Å². The van der Waals surface area contributed by atoms with Crippen LogP contribution in [0.5, 0.6) is 0 Å². The minimum atomic E-state index is -0.279. The van der Waals surface area contributed by atoms with Gasteiger partial charge in [0.05, 0.1) is 18.2 Å². The summed E-state index contributed by atoms with van der Waals surface area (Å²) in [6, 6.07) is 7.64. The van der Waals surface area contributed by atoms with Crippen LogP contribution in [-0.2, 0) is 22.6 Å². The molecule has 8 heteroatoms. The van der Waals surface area contributed by atoms with Crippen LogP contribution in [0.3, 0.4) is 0 Å². The van der Waals surface area contributed by atoms with E-state index in [1.165, 1.54) is 4.68 Å². The molecule has 1 amide bonds. The third-order valence-electron chi connectivity index (χ3n) is 4.76. The summed E-state index contributed by atoms with van der Waals surface area (Å²) >= 11 is 6.09. The lowest BCUT2D eigenvalue weighted by Crippen LogP contribution is -2.35. The molecule has 0 radical (unpaired) electrons. The van der Waals surface area contributed by atoms with Gasteiger partial charge in [-0.25, -0.2) is 4.68 Å². The summed E-state index contributed by atoms with van der Waals surface area (Å²) in [5.74, 6) is -0.279. The number of hydrogen-bond acceptors (Lipinski definition) is 4. The fourth-order valence-corrected chi connectivity index (χ4v) is 3.51. The topological polar surface area (TPSA) is 78.2 Å². The Morgan fingerprint density at radius 2 is 2.07 bits per heavy atom. The predicted molar refractivity (Wildman–Crippen MR) is 109 cm³/mol. The minimum absolute atomic E-state index is 0.129. The number of halogens is 1. The summed E-state index contributed by atoms with van der Waals surface area (Å²) in [5.41, 5.74) is 2.57. The third kappa shape index (κ3) is 4.10. The van der Waals surface area contributed by atoms with Crippen molar-refractivity contribution in [2.75, 3.05) is 20.3 Å². The van der Waals surface area contributed by atoms with Gasteiger partial charge in [-0.1, -0.05) is 23.7 Å². The Morgan fingerprint density at radius 3 is 2.79 bits per heavy atom. The normalized spacial score (nSPS) is 11.1. The number of methoxy groups -OCH3 is 1. The molecule has 0 saturated carbocycles. The molecule has 0 unspecified atom stereocenters. The molecule has 28 heavy (non-hydrogen) atoms. The van der Waals surface area contributed by atoms with E-state index in [0.717, 1.165) is 22.3 Å². The highest BCUT2D eigenvalue weighted by molar-refractivity contribution is 6.30. The van der Waals surface area contributed by atoms with Crippen LogP contribution < -0.4 is 10.9 Å². The third-order valence-corrected chi connectivity index (χ3v) is 4.99. The number of fused-ring (bicyclic) bond motifs is 1. The molecule has 0 fully saturated rings. The fraction of sp³-hybridized carbons (Fsp3) is 0.350. The van der Waals surface area contributed by atoms with Crippen molar-refractivity contribution in [2.45, 2.75) is 26.9 Å². The Balaban J connectivity index is 1.93. The Bertz CT molecular complexity index is 1070. The standard InChI is InChI=1S/C20H23ClN4O3/c1-13-17-10-23-25(12-18(26)22-7-8-28-3)20(27)19(17)14(2)24(13)11-15-5-4-6-16(21)9-15/h4-6,9-10H,7-8,11-12H2,1-3H3,(H,22,26). The van der Waals surface area contributed by atoms with Gasteiger partial charge in [-0.05, 0) is 31.5 Å². The molecular formula is C20H23ClN4O3. The maximum absolute atomic E-state index is 12.9. The van der Waals surface area contributed by atoms with Gasteiger partial charge in [0.1, 0.15) is 6.54 Å². The van der Waals surface area contributed by atoms with E-state index in [0.29, 0.717) is 30.1 Å². The van der Waals surface area contributed by atoms with E-state index in [4.69, 9.17) is 16.3 Å². The van der Waals surface area contributed by atoms with Crippen LogP contribution in [0.4, 0.5) is 0 Å². The zero-order valence-corrected chi connectivity index (χ0v) is 16.9. The van der Waals surface area contributed by atoms with E-state index in [2.05, 4.69) is 15.0 Å². The number of hydrogen-bond donors (Lipinski definition) is 1. The van der Waals surface area contributed by atoms with E-state index in [-0.39, 0.29) is 18.0 Å². The van der Waals surface area contributed by atoms with Gasteiger partial charge in [-0.3, -0.25) is 9.59 Å². The van der Waals surface area contributed by atoms with E-state index in [1.807, 2.05) is 38.1 Å². The summed E-state index contributed by atoms with van der Waals surface area (Å²) in [7, 11) is 1.56. The summed E-state index contributed by atoms with van der Waals surface area (Å²) in [5, 5.41) is 8.93. The molecule has 1 aromatic carbocycles. The average molecular weight is 403 g/mol. The second-order valence-electron chi connectivity index (χ2n) is 6.63. The Hall–Kier alpha value is -2.64. The van der Waals surface area contributed by atoms with Crippen molar-refractivity contribution in [1.82, 2.24) is 19.7 Å². The molecule has 148 valence electrons. The fourth-order valence-electron chi connectivity index (χ4n) is 3.30. The first-order chi connectivity index (χ1) is 13.4. The van der Waals surface area contributed by atoms with Crippen molar-refractivity contribution in [1.29, 1.82) is 0 Å². The smallest absolute Gasteiger partial charge is 0.276 e. The molecule has 0 bridgehead atoms. The van der Waals surface area contributed by atoms with Gasteiger partial charge < -0.3 is 14.6 Å². The minimum Gasteiger partial charge on any atom is -0.383 e. The van der Waals surface area contributed by atoms with E-state index in [1.54, 1.807) is 13.3 Å². The van der Waals surface area contributed by atoms with Gasteiger partial charge >= 0.3 is 0 Å². The molecule has 3 aromatic rings. The van der Waals surface area contributed by atoms with E-state index < -0.39 is 0 Å². The van der Waals surface area contributed by atoms with Crippen LogP contribution in [-0.4, -0.2) is 40.5 Å². The monoisotopic (exact) mass is 402 g/mol. The van der Waals surface area contributed by atoms with Crippen molar-refractivity contribution < 1.29 is 9.53 Å². The number of aryl methyl sites for hydroxylation is 2. The van der Waals surface area contributed by atoms with Gasteiger partial charge in [0.25, 0.3) is 5.56 Å². The second kappa shape index (κ2) is 8.58. The maximum Gasteiger partial charge on any atom is 0.276 e. The van der Waals surface area contributed by atoms with Crippen LogP contribution in [0.25, 0.3) is 10.8 Å². The van der Waals surface area contributed by atoms with Crippen molar-refractivity contribution in [3.8, 4) is 0 Å². The lowest BCUT2D eigenvalue weighted by Gasteiger charge is -2.09. The van der Waals surface area contributed by atoms with Crippen LogP contribution in [0, 0.1) is 13.8 Å². The highest BCUT2D eigenvalue weighted by Gasteiger charge is 2.17. The first-order valence-corrected chi connectivity index (χ1v) is 9.35. The quantitative estimate of drug-likeness (QED) is 0.615. The molecule has 1 N–H and O–H groups in total. The van der Waals surface area contributed by atoms with Crippen molar-refractivity contribution in [3.63, 3.8) is 0 Å². The number of amides is 1. The molecule has 7 nitrogen and oxygen atoms in total. The molecule has 0 saturated heterocycles. The summed E-state index contributed by atoms with van der Waals surface area (Å²) in [4.78, 5) is 25.0. The summed E-state index contributed by atoms with van der Waals surface area (Å²) in [6.07, 6.45) is 1.65. The number of nitrogens with zero attached hydrogens (tertiary/aromatic N) is 3. The molecule has 0 aliphatic rings. The first kappa shape index (κ1) is 20.1. The number of carbonyl (C=O) groups is 1. The Labute approximate surface area is 167 Å². The zero-order valence-electron chi connectivity index (χ0n) is 16.2. The SMILES string of the molecule is COCCNC(=O)Cn1ncc2c(C)n(Cc3cccc(Cl)c3)c(C)c2c1=O. The molecular weight excluding hydrogens is 380 g/mol. The summed E-state index contributed by atoms with van der Waals surface area (Å²) in [6.45, 7) is 5.14. The Kier molecular flexibility index (Phi) is 6.16. The van der Waals surface area contributed by atoms with Crippen molar-refractivity contribution >= 4 is 28.3 Å². The molecule has 2 aromatic heterocycles. The van der Waals surface area contributed by atoms with Gasteiger partial charge in [0.2, 0.25) is 5.91 Å². The van der Waals surface area contributed by atoms with Crippen LogP contribution in [0.15, 0.2) is 35.3 Å². The highest BCUT2D eigenvalue weighted by atomic mass is 35.5. The number of benzene rings is 1. The number of aromatic nitrogens is 3. The highest BCUT2D eigenvalue weighted by Crippen LogP contribution is 2.23. The molecule has 0 spiro atoms. The number of nitrogens with one attached hydrogen (secondary N) is 1. The number of carbonyl (C=O) groups excluding carboxylic acids is 1. The van der Waals surface area contributed by atoms with Gasteiger partial charge in [0.15, 0.2) is 0 Å². The zero-order chi connectivity index (χ0) is 20.3. The van der Waals surface area contributed by atoms with Crippen LogP contribution in [0.2, 0.25) is 5.02 Å². The van der Waals surface area contributed by atoms with E-state index in [9.17, 15) is 9.59 Å². The molecule has 0 aliphatic carbocycles. The van der Waals surface area contributed by atoms with Crippen LogP contribution in [0.1, 0.15) is 17.0 Å². The number of rotatable bonds is 7. The number of ether oxygens (including phenoxy) is 1. The maximum atomic E-state index is 12.9. The lowest BCUT2D eigenvalue weighted by molar-refractivity contribution is -0.122.